The summed E-state index contributed by atoms with van der Waals surface area (Å²) in [7, 11) is 1.91. The number of carbonyl (C=O) groups is 1. The van der Waals surface area contributed by atoms with Crippen LogP contribution < -0.4 is 5.32 Å². The van der Waals surface area contributed by atoms with Gasteiger partial charge >= 0.3 is 0 Å². The number of amides is 1. The SMILES string of the molecule is CN(CCC(=O)Nc1sccc1C#N)Cc1ccc(F)cc1. The van der Waals surface area contributed by atoms with Crippen LogP contribution in [0.5, 0.6) is 0 Å². The lowest BCUT2D eigenvalue weighted by molar-refractivity contribution is -0.116. The smallest absolute Gasteiger partial charge is 0.226 e. The molecule has 0 saturated carbocycles. The quantitative estimate of drug-likeness (QED) is 0.890. The monoisotopic (exact) mass is 317 g/mol. The number of halogens is 1. The van der Waals surface area contributed by atoms with Crippen molar-refractivity contribution in [3.05, 3.63) is 52.7 Å². The first-order valence-corrected chi connectivity index (χ1v) is 7.67. The standard InChI is InChI=1S/C16H16FN3OS/c1-20(11-12-2-4-14(17)5-3-12)8-6-15(21)19-16-13(10-18)7-9-22-16/h2-5,7,9H,6,8,11H2,1H3,(H,19,21). The van der Waals surface area contributed by atoms with Crippen molar-refractivity contribution in [2.75, 3.05) is 18.9 Å². The predicted octanol–water partition coefficient (Wildman–Crippen LogP) is 3.22. The van der Waals surface area contributed by atoms with Gasteiger partial charge in [0.25, 0.3) is 0 Å². The maximum atomic E-state index is 12.8. The summed E-state index contributed by atoms with van der Waals surface area (Å²) in [5.74, 6) is -0.375. The molecule has 0 aliphatic rings. The average Bonchev–Trinajstić information content (AvgIpc) is 2.95. The lowest BCUT2D eigenvalue weighted by Gasteiger charge is -2.16. The van der Waals surface area contributed by atoms with E-state index in [0.717, 1.165) is 5.56 Å². The fourth-order valence-electron chi connectivity index (χ4n) is 1.96. The van der Waals surface area contributed by atoms with E-state index in [4.69, 9.17) is 5.26 Å². The summed E-state index contributed by atoms with van der Waals surface area (Å²) in [6.07, 6.45) is 0.334. The lowest BCUT2D eigenvalue weighted by Crippen LogP contribution is -2.24. The Morgan fingerprint density at radius 1 is 1.36 bits per heavy atom. The van der Waals surface area contributed by atoms with Crippen LogP contribution in [0, 0.1) is 17.1 Å². The minimum absolute atomic E-state index is 0.120. The zero-order chi connectivity index (χ0) is 15.9. The molecule has 4 nitrogen and oxygen atoms in total. The minimum atomic E-state index is -0.255. The summed E-state index contributed by atoms with van der Waals surface area (Å²) >= 11 is 1.34. The normalized spacial score (nSPS) is 10.5. The largest absolute Gasteiger partial charge is 0.317 e. The van der Waals surface area contributed by atoms with Crippen LogP contribution in [0.2, 0.25) is 0 Å². The van der Waals surface area contributed by atoms with E-state index in [-0.39, 0.29) is 11.7 Å². The van der Waals surface area contributed by atoms with Crippen molar-refractivity contribution in [1.82, 2.24) is 4.90 Å². The van der Waals surface area contributed by atoms with Gasteiger partial charge in [-0.3, -0.25) is 4.79 Å². The third-order valence-corrected chi connectivity index (χ3v) is 3.95. The minimum Gasteiger partial charge on any atom is -0.317 e. The number of benzene rings is 1. The van der Waals surface area contributed by atoms with Gasteiger partial charge in [0, 0.05) is 19.5 Å². The van der Waals surface area contributed by atoms with Gasteiger partial charge in [-0.05, 0) is 36.2 Å². The molecule has 1 heterocycles. The topological polar surface area (TPSA) is 56.1 Å². The van der Waals surface area contributed by atoms with E-state index in [0.29, 0.717) is 30.1 Å². The number of thiophene rings is 1. The van der Waals surface area contributed by atoms with Crippen molar-refractivity contribution in [3.63, 3.8) is 0 Å². The van der Waals surface area contributed by atoms with Crippen LogP contribution in [0.4, 0.5) is 9.39 Å². The number of nitrogens with zero attached hydrogens (tertiary/aromatic N) is 2. The molecule has 0 spiro atoms. The van der Waals surface area contributed by atoms with Crippen LogP contribution in [-0.2, 0) is 11.3 Å². The molecule has 1 amide bonds. The van der Waals surface area contributed by atoms with Gasteiger partial charge < -0.3 is 10.2 Å². The fourth-order valence-corrected chi connectivity index (χ4v) is 2.71. The van der Waals surface area contributed by atoms with Crippen LogP contribution in [-0.4, -0.2) is 24.4 Å². The van der Waals surface area contributed by atoms with Crippen LogP contribution in [0.3, 0.4) is 0 Å². The Morgan fingerprint density at radius 2 is 2.09 bits per heavy atom. The molecule has 0 aliphatic carbocycles. The van der Waals surface area contributed by atoms with Crippen LogP contribution in [0.25, 0.3) is 0 Å². The lowest BCUT2D eigenvalue weighted by atomic mass is 10.2. The van der Waals surface area contributed by atoms with Crippen LogP contribution in [0.15, 0.2) is 35.7 Å². The fraction of sp³-hybridized carbons (Fsp3) is 0.250. The molecule has 0 unspecified atom stereocenters. The highest BCUT2D eigenvalue weighted by atomic mass is 32.1. The zero-order valence-electron chi connectivity index (χ0n) is 12.2. The van der Waals surface area contributed by atoms with Crippen LogP contribution in [0.1, 0.15) is 17.5 Å². The number of rotatable bonds is 6. The van der Waals surface area contributed by atoms with Gasteiger partial charge in [0.05, 0.1) is 5.56 Å². The third kappa shape index (κ3) is 4.65. The van der Waals surface area contributed by atoms with Crippen molar-refractivity contribution in [2.24, 2.45) is 0 Å². The first kappa shape index (κ1) is 16.1. The van der Waals surface area contributed by atoms with E-state index in [1.807, 2.05) is 18.0 Å². The third-order valence-electron chi connectivity index (χ3n) is 3.12. The summed E-state index contributed by atoms with van der Waals surface area (Å²) in [6.45, 7) is 1.23. The zero-order valence-corrected chi connectivity index (χ0v) is 13.0. The Bertz CT molecular complexity index is 675. The second-order valence-corrected chi connectivity index (χ2v) is 5.85. The van der Waals surface area contributed by atoms with Crippen molar-refractivity contribution in [2.45, 2.75) is 13.0 Å². The van der Waals surface area contributed by atoms with Crippen LogP contribution >= 0.6 is 11.3 Å². The molecule has 114 valence electrons. The molecule has 0 saturated heterocycles. The van der Waals surface area contributed by atoms with Gasteiger partial charge in [0.1, 0.15) is 16.9 Å². The Hall–Kier alpha value is -2.23. The van der Waals surface area contributed by atoms with E-state index in [1.54, 1.807) is 23.6 Å². The maximum absolute atomic E-state index is 12.8. The second-order valence-electron chi connectivity index (χ2n) is 4.94. The van der Waals surface area contributed by atoms with E-state index in [2.05, 4.69) is 5.32 Å². The number of nitrogens with one attached hydrogen (secondary N) is 1. The molecule has 1 aromatic carbocycles. The molecule has 0 radical (unpaired) electrons. The van der Waals surface area contributed by atoms with Crippen molar-refractivity contribution in [1.29, 1.82) is 5.26 Å². The van der Waals surface area contributed by atoms with E-state index < -0.39 is 0 Å². The van der Waals surface area contributed by atoms with Crippen molar-refractivity contribution in [3.8, 4) is 6.07 Å². The first-order valence-electron chi connectivity index (χ1n) is 6.79. The maximum Gasteiger partial charge on any atom is 0.226 e. The molecular formula is C16H16FN3OS. The Morgan fingerprint density at radius 3 is 2.77 bits per heavy atom. The molecule has 0 fully saturated rings. The Kier molecular flexibility index (Phi) is 5.64. The van der Waals surface area contributed by atoms with Gasteiger partial charge in [-0.2, -0.15) is 5.26 Å². The highest BCUT2D eigenvalue weighted by Crippen LogP contribution is 2.22. The Balaban J connectivity index is 1.78. The molecule has 2 aromatic rings. The molecule has 0 atom stereocenters. The highest BCUT2D eigenvalue weighted by Gasteiger charge is 2.09. The average molecular weight is 317 g/mol. The summed E-state index contributed by atoms with van der Waals surface area (Å²) in [5.41, 5.74) is 1.48. The van der Waals surface area contributed by atoms with Gasteiger partial charge in [-0.25, -0.2) is 4.39 Å². The van der Waals surface area contributed by atoms with E-state index in [9.17, 15) is 9.18 Å². The van der Waals surface area contributed by atoms with Gasteiger partial charge in [-0.1, -0.05) is 12.1 Å². The predicted molar refractivity (Wildman–Crippen MR) is 85.0 cm³/mol. The molecule has 1 N–H and O–H groups in total. The molecule has 2 rings (SSSR count). The summed E-state index contributed by atoms with van der Waals surface area (Å²) < 4.78 is 12.8. The Labute approximate surface area is 132 Å². The molecule has 1 aromatic heterocycles. The van der Waals surface area contributed by atoms with Crippen molar-refractivity contribution < 1.29 is 9.18 Å². The summed E-state index contributed by atoms with van der Waals surface area (Å²) in [5, 5.41) is 14.0. The molecule has 0 bridgehead atoms. The molecule has 0 aliphatic heterocycles. The molecule has 6 heteroatoms. The number of anilines is 1. The van der Waals surface area contributed by atoms with Gasteiger partial charge in [-0.15, -0.1) is 11.3 Å². The van der Waals surface area contributed by atoms with E-state index in [1.165, 1.54) is 23.5 Å². The summed E-state index contributed by atoms with van der Waals surface area (Å²) in [6, 6.07) is 10.0. The van der Waals surface area contributed by atoms with Crippen molar-refractivity contribution >= 4 is 22.2 Å². The number of hydrogen-bond donors (Lipinski definition) is 1. The number of nitriles is 1. The van der Waals surface area contributed by atoms with Gasteiger partial charge in [0.2, 0.25) is 5.91 Å². The number of hydrogen-bond acceptors (Lipinski definition) is 4. The number of carbonyl (C=O) groups excluding carboxylic acids is 1. The molecule has 22 heavy (non-hydrogen) atoms. The first-order chi connectivity index (χ1) is 10.6. The molecular weight excluding hydrogens is 301 g/mol. The second kappa shape index (κ2) is 7.69. The summed E-state index contributed by atoms with van der Waals surface area (Å²) in [4.78, 5) is 13.9. The highest BCUT2D eigenvalue weighted by molar-refractivity contribution is 7.14. The van der Waals surface area contributed by atoms with E-state index >= 15 is 0 Å². The van der Waals surface area contributed by atoms with Gasteiger partial charge in [0.15, 0.2) is 0 Å².